The zero-order chi connectivity index (χ0) is 27.7. The van der Waals surface area contributed by atoms with Crippen molar-refractivity contribution in [3.63, 3.8) is 0 Å². The summed E-state index contributed by atoms with van der Waals surface area (Å²) >= 11 is 0. The molecule has 0 radical (unpaired) electrons. The van der Waals surface area contributed by atoms with Crippen LogP contribution in [0.15, 0.2) is 36.2 Å². The first kappa shape index (κ1) is 25.8. The number of aromatic nitrogens is 1. The molecular formula is C27H29N3O8. The lowest BCUT2D eigenvalue weighted by Gasteiger charge is -2.53. The number of aliphatic hydroxyl groups is 3. The van der Waals surface area contributed by atoms with E-state index >= 15 is 0 Å². The molecule has 2 saturated carbocycles. The van der Waals surface area contributed by atoms with Crippen molar-refractivity contribution in [3.8, 4) is 22.6 Å². The van der Waals surface area contributed by atoms with Crippen molar-refractivity contribution < 1.29 is 39.5 Å². The van der Waals surface area contributed by atoms with E-state index in [9.17, 15) is 34.8 Å². The number of pyridine rings is 1. The number of amides is 1. The first-order valence-corrected chi connectivity index (χ1v) is 12.2. The second-order valence-electron chi connectivity index (χ2n) is 10.4. The summed E-state index contributed by atoms with van der Waals surface area (Å²) in [5.41, 5.74) is 4.30. The fraction of sp³-hybridized carbons (Fsp3) is 0.407. The minimum Gasteiger partial charge on any atom is -0.507 e. The molecule has 200 valence electrons. The molecule has 3 aliphatic carbocycles. The van der Waals surface area contributed by atoms with Crippen molar-refractivity contribution in [1.29, 1.82) is 0 Å². The highest BCUT2D eigenvalue weighted by Crippen LogP contribution is 2.53. The van der Waals surface area contributed by atoms with Gasteiger partial charge in [0, 0.05) is 35.5 Å². The minimum absolute atomic E-state index is 0.00830. The van der Waals surface area contributed by atoms with Gasteiger partial charge in [0.25, 0.3) is 0 Å². The van der Waals surface area contributed by atoms with Gasteiger partial charge in [-0.05, 0) is 56.1 Å². The molecule has 6 atom stereocenters. The summed E-state index contributed by atoms with van der Waals surface area (Å²) in [5.74, 6) is -7.26. The Labute approximate surface area is 218 Å². The van der Waals surface area contributed by atoms with Crippen molar-refractivity contribution in [2.45, 2.75) is 30.6 Å². The number of carbonyl (C=O) groups is 3. The van der Waals surface area contributed by atoms with Crippen LogP contribution in [0, 0.1) is 17.8 Å². The van der Waals surface area contributed by atoms with Gasteiger partial charge in [-0.2, -0.15) is 0 Å². The highest BCUT2D eigenvalue weighted by Gasteiger charge is 2.67. The summed E-state index contributed by atoms with van der Waals surface area (Å²) in [5, 5.41) is 44.8. The Morgan fingerprint density at radius 2 is 1.89 bits per heavy atom. The molecule has 0 aliphatic heterocycles. The molecule has 11 heteroatoms. The monoisotopic (exact) mass is 523 g/mol. The Hall–Kier alpha value is -3.80. The molecule has 6 N–H and O–H groups in total. The van der Waals surface area contributed by atoms with Gasteiger partial charge < -0.3 is 35.8 Å². The lowest BCUT2D eigenvalue weighted by Crippen LogP contribution is -2.73. The molecule has 3 aliphatic rings. The Morgan fingerprint density at radius 1 is 1.18 bits per heavy atom. The third-order valence-corrected chi connectivity index (χ3v) is 8.26. The average Bonchev–Trinajstić information content (AvgIpc) is 2.86. The fourth-order valence-corrected chi connectivity index (χ4v) is 6.62. The SMILES string of the molecule is COc1ccncc1-c1ccc(O)c2c1C[C@H]1C[C@H]3[C@H](N(C)C)C(O)C(C(N)=O)C(=O)[C@@]3(O)C(=O)C1=C2O. The maximum atomic E-state index is 13.9. The number of likely N-dealkylation sites (N-methyl/N-ethyl adjacent to an activating group) is 1. The van der Waals surface area contributed by atoms with E-state index in [0.717, 1.165) is 0 Å². The second kappa shape index (κ2) is 8.90. The van der Waals surface area contributed by atoms with Crippen LogP contribution in [-0.2, 0) is 20.8 Å². The number of primary amides is 1. The van der Waals surface area contributed by atoms with Gasteiger partial charge in [0.15, 0.2) is 11.4 Å². The van der Waals surface area contributed by atoms with Crippen LogP contribution < -0.4 is 10.5 Å². The molecule has 38 heavy (non-hydrogen) atoms. The molecule has 1 heterocycles. The van der Waals surface area contributed by atoms with Crippen LogP contribution in [0.1, 0.15) is 17.5 Å². The number of nitrogens with two attached hydrogens (primary N) is 1. The van der Waals surface area contributed by atoms with Gasteiger partial charge in [-0.1, -0.05) is 6.07 Å². The number of aliphatic hydroxyl groups excluding tert-OH is 2. The van der Waals surface area contributed by atoms with Gasteiger partial charge in [-0.25, -0.2) is 0 Å². The predicted molar refractivity (Wildman–Crippen MR) is 134 cm³/mol. The Bertz CT molecular complexity index is 1400. The van der Waals surface area contributed by atoms with Gasteiger partial charge in [-0.15, -0.1) is 0 Å². The number of aromatic hydroxyl groups is 1. The number of hydrogen-bond donors (Lipinski definition) is 5. The topological polar surface area (TPSA) is 184 Å². The Kier molecular flexibility index (Phi) is 6.05. The molecule has 0 spiro atoms. The third-order valence-electron chi connectivity index (χ3n) is 8.26. The van der Waals surface area contributed by atoms with E-state index in [1.807, 2.05) is 0 Å². The van der Waals surface area contributed by atoms with E-state index < -0.39 is 58.7 Å². The van der Waals surface area contributed by atoms with Crippen LogP contribution in [-0.4, -0.2) is 86.7 Å². The van der Waals surface area contributed by atoms with E-state index in [1.165, 1.54) is 13.2 Å². The van der Waals surface area contributed by atoms with Crippen LogP contribution >= 0.6 is 0 Å². The number of phenolic OH excluding ortho intramolecular Hbond substituents is 1. The first-order valence-electron chi connectivity index (χ1n) is 12.2. The molecule has 2 fully saturated rings. The first-order chi connectivity index (χ1) is 17.9. The van der Waals surface area contributed by atoms with Crippen LogP contribution in [0.2, 0.25) is 0 Å². The largest absolute Gasteiger partial charge is 0.507 e. The quantitative estimate of drug-likeness (QED) is 0.347. The van der Waals surface area contributed by atoms with E-state index in [0.29, 0.717) is 22.4 Å². The molecular weight excluding hydrogens is 494 g/mol. The number of fused-ring (bicyclic) bond motifs is 3. The van der Waals surface area contributed by atoms with E-state index in [4.69, 9.17) is 10.5 Å². The van der Waals surface area contributed by atoms with E-state index in [2.05, 4.69) is 4.98 Å². The number of rotatable bonds is 4. The summed E-state index contributed by atoms with van der Waals surface area (Å²) in [7, 11) is 4.72. The summed E-state index contributed by atoms with van der Waals surface area (Å²) < 4.78 is 5.48. The van der Waals surface area contributed by atoms with Crippen molar-refractivity contribution in [3.05, 3.63) is 47.3 Å². The number of phenols is 1. The zero-order valence-electron chi connectivity index (χ0n) is 21.1. The van der Waals surface area contributed by atoms with E-state index in [1.54, 1.807) is 43.5 Å². The molecule has 2 unspecified atom stereocenters. The minimum atomic E-state index is -2.69. The number of nitrogens with zero attached hydrogens (tertiary/aromatic N) is 2. The normalized spacial score (nSPS) is 30.5. The standard InChI is InChI=1S/C27H29N3O8/c1-30(2)21-15-9-11-8-13-12(14-10-29-7-6-17(14)38-3)4-5-16(31)19(13)22(32)18(11)24(34)27(15,37)25(35)20(23(21)33)26(28)36/h4-7,10-11,15,20-21,23,31-33,37H,8-9H2,1-3H3,(H2,28,36)/t11-,15-,20?,21-,23?,27-/m0/s1. The number of carbonyl (C=O) groups excluding carboxylic acids is 3. The van der Waals surface area contributed by atoms with E-state index in [-0.39, 0.29) is 29.7 Å². The van der Waals surface area contributed by atoms with Crippen LogP contribution in [0.25, 0.3) is 16.9 Å². The van der Waals surface area contributed by atoms with Crippen LogP contribution in [0.4, 0.5) is 0 Å². The Balaban J connectivity index is 1.72. The van der Waals surface area contributed by atoms with Crippen LogP contribution in [0.3, 0.4) is 0 Å². The molecule has 5 rings (SSSR count). The molecule has 2 aromatic rings. The zero-order valence-corrected chi connectivity index (χ0v) is 21.1. The van der Waals surface area contributed by atoms with Gasteiger partial charge >= 0.3 is 0 Å². The number of hydrogen-bond acceptors (Lipinski definition) is 10. The number of ether oxygens (including phenoxy) is 1. The predicted octanol–water partition coefficient (Wildman–Crippen LogP) is 0.200. The van der Waals surface area contributed by atoms with Crippen molar-refractivity contribution in [1.82, 2.24) is 9.88 Å². The summed E-state index contributed by atoms with van der Waals surface area (Å²) in [6.07, 6.45) is 1.84. The number of ketones is 2. The maximum absolute atomic E-state index is 13.9. The Morgan fingerprint density at radius 3 is 2.53 bits per heavy atom. The molecule has 11 nitrogen and oxygen atoms in total. The number of Topliss-reactive ketones (excluding diaryl/α,β-unsaturated/α-hetero) is 2. The number of benzene rings is 1. The van der Waals surface area contributed by atoms with Crippen molar-refractivity contribution in [2.24, 2.45) is 23.5 Å². The summed E-state index contributed by atoms with van der Waals surface area (Å²) in [4.78, 5) is 45.2. The smallest absolute Gasteiger partial charge is 0.230 e. The molecule has 1 aromatic heterocycles. The van der Waals surface area contributed by atoms with Crippen LogP contribution in [0.5, 0.6) is 11.5 Å². The lowest BCUT2D eigenvalue weighted by atomic mass is 9.54. The number of methoxy groups -OCH3 is 1. The average molecular weight is 524 g/mol. The van der Waals surface area contributed by atoms with Gasteiger partial charge in [0.2, 0.25) is 11.7 Å². The summed E-state index contributed by atoms with van der Waals surface area (Å²) in [6.45, 7) is 0. The molecule has 1 amide bonds. The van der Waals surface area contributed by atoms with Crippen molar-refractivity contribution in [2.75, 3.05) is 21.2 Å². The highest BCUT2D eigenvalue weighted by molar-refractivity contribution is 6.25. The van der Waals surface area contributed by atoms with Gasteiger partial charge in [0.05, 0.1) is 18.8 Å². The molecule has 0 bridgehead atoms. The maximum Gasteiger partial charge on any atom is 0.230 e. The lowest BCUT2D eigenvalue weighted by molar-refractivity contribution is -0.184. The fourth-order valence-electron chi connectivity index (χ4n) is 6.62. The highest BCUT2D eigenvalue weighted by atomic mass is 16.5. The summed E-state index contributed by atoms with van der Waals surface area (Å²) in [6, 6.07) is 3.76. The van der Waals surface area contributed by atoms with Gasteiger partial charge in [-0.3, -0.25) is 19.4 Å². The molecule has 0 saturated heterocycles. The molecule has 1 aromatic carbocycles. The van der Waals surface area contributed by atoms with Gasteiger partial charge in [0.1, 0.15) is 23.2 Å². The van der Waals surface area contributed by atoms with Crippen molar-refractivity contribution >= 4 is 23.2 Å². The third kappa shape index (κ3) is 3.39. The second-order valence-corrected chi connectivity index (χ2v) is 10.4.